The second-order valence-electron chi connectivity index (χ2n) is 6.07. The van der Waals surface area contributed by atoms with E-state index in [-0.39, 0.29) is 28.8 Å². The fraction of sp³-hybridized carbons (Fsp3) is 0.429. The van der Waals surface area contributed by atoms with Crippen LogP contribution in [0.15, 0.2) is 10.5 Å². The van der Waals surface area contributed by atoms with Gasteiger partial charge in [0.05, 0.1) is 6.54 Å². The van der Waals surface area contributed by atoms with Gasteiger partial charge < -0.3 is 31.0 Å². The predicted molar refractivity (Wildman–Crippen MR) is 103 cm³/mol. The fourth-order valence-electron chi connectivity index (χ4n) is 2.64. The van der Waals surface area contributed by atoms with E-state index in [4.69, 9.17) is 22.4 Å². The Morgan fingerprint density at radius 3 is 2.79 bits per heavy atom. The van der Waals surface area contributed by atoms with Crippen molar-refractivity contribution in [2.24, 2.45) is 5.16 Å². The fourth-order valence-corrected chi connectivity index (χ4v) is 4.89. The van der Waals surface area contributed by atoms with Crippen LogP contribution < -0.4 is 11.1 Å². The molecule has 3 heterocycles. The van der Waals surface area contributed by atoms with Crippen LogP contribution in [0.5, 0.6) is 0 Å². The molecule has 0 aromatic carbocycles. The molecule has 0 saturated carbocycles. The molecule has 15 heteroatoms. The number of aromatic nitrogens is 1. The third-order valence-corrected chi connectivity index (χ3v) is 6.81. The van der Waals surface area contributed by atoms with Crippen molar-refractivity contribution in [1.82, 2.24) is 15.2 Å². The first-order valence-corrected chi connectivity index (χ1v) is 10.2. The number of anilines is 1. The van der Waals surface area contributed by atoms with E-state index in [1.54, 1.807) is 0 Å². The number of nitrogens with two attached hydrogens (primary N) is 1. The molecule has 2 aliphatic heterocycles. The van der Waals surface area contributed by atoms with E-state index in [0.717, 1.165) is 23.1 Å². The monoisotopic (exact) mass is 463 g/mol. The molecule has 2 saturated heterocycles. The maximum Gasteiger partial charge on any atom is 0.344 e. The number of carbonyl (C=O) groups excluding carboxylic acids is 2. The molecule has 3 rings (SSSR count). The summed E-state index contributed by atoms with van der Waals surface area (Å²) in [4.78, 5) is 55.1. The number of rotatable bonds is 7. The number of nitrogens with zero attached hydrogens (tertiary/aromatic N) is 3. The van der Waals surface area contributed by atoms with Gasteiger partial charge >= 0.3 is 11.9 Å². The number of aliphatic carboxylic acids is 2. The van der Waals surface area contributed by atoms with Gasteiger partial charge in [0.15, 0.2) is 15.7 Å². The molecule has 0 aliphatic carbocycles. The number of amides is 2. The minimum atomic E-state index is -1.58. The van der Waals surface area contributed by atoms with Crippen molar-refractivity contribution in [1.29, 1.82) is 0 Å². The lowest BCUT2D eigenvalue weighted by Gasteiger charge is -2.52. The smallest absolute Gasteiger partial charge is 0.344 e. The van der Waals surface area contributed by atoms with Crippen molar-refractivity contribution in [3.05, 3.63) is 11.1 Å². The predicted octanol–water partition coefficient (Wildman–Crippen LogP) is -1.01. The number of thioether (sulfide) groups is 1. The molecule has 12 nitrogen and oxygen atoms in total. The SMILES string of the molecule is Nc1nc(C(=NOCC(=O)O)C(=O)NC2C(=O)N3CC(Cl)(C(=O)O)CS[C@H]23)cs1. The van der Waals surface area contributed by atoms with Crippen LogP contribution in [0, 0.1) is 0 Å². The van der Waals surface area contributed by atoms with E-state index in [9.17, 15) is 24.3 Å². The lowest BCUT2D eigenvalue weighted by molar-refractivity contribution is -0.151. The van der Waals surface area contributed by atoms with Gasteiger partial charge in [-0.05, 0) is 0 Å². The number of carboxylic acids is 2. The summed E-state index contributed by atoms with van der Waals surface area (Å²) in [6.45, 7) is -0.962. The van der Waals surface area contributed by atoms with Crippen LogP contribution in [0.25, 0.3) is 0 Å². The molecular formula is C14H14ClN5O7S2. The number of oxime groups is 1. The number of hydrogen-bond acceptors (Lipinski definition) is 10. The Morgan fingerprint density at radius 1 is 1.48 bits per heavy atom. The van der Waals surface area contributed by atoms with Crippen molar-refractivity contribution >= 4 is 69.3 Å². The molecular weight excluding hydrogens is 450 g/mol. The first-order chi connectivity index (χ1) is 13.6. The summed E-state index contributed by atoms with van der Waals surface area (Å²) < 4.78 is 0. The first-order valence-electron chi connectivity index (χ1n) is 7.91. The summed E-state index contributed by atoms with van der Waals surface area (Å²) in [5, 5.41) is 24.9. The summed E-state index contributed by atoms with van der Waals surface area (Å²) in [6.07, 6.45) is 0. The molecule has 0 spiro atoms. The summed E-state index contributed by atoms with van der Waals surface area (Å²) in [5.41, 5.74) is 5.26. The summed E-state index contributed by atoms with van der Waals surface area (Å²) in [5.74, 6) is -3.78. The standard InChI is InChI=1S/C14H14ClN5O7S2/c15-14(12(25)26)3-20-10(24)8(11(20)29-4-14)18-9(23)7(19-27-1-6(21)22)5-2-28-13(16)17-5/h2,8,11H,1,3-4H2,(H2,16,17)(H,18,23)(H,21,22)(H,25,26)/t8?,11-,14?/m1/s1. The van der Waals surface area contributed by atoms with Crippen molar-refractivity contribution in [3.8, 4) is 0 Å². The molecule has 0 bridgehead atoms. The minimum absolute atomic E-state index is 0.0516. The zero-order chi connectivity index (χ0) is 21.3. The molecule has 0 radical (unpaired) electrons. The number of carboxylic acid groups (broad SMARTS) is 2. The average Bonchev–Trinajstić information content (AvgIpc) is 3.08. The Hall–Kier alpha value is -2.58. The Kier molecular flexibility index (Phi) is 5.86. The van der Waals surface area contributed by atoms with Crippen LogP contribution >= 0.6 is 34.7 Å². The highest BCUT2D eigenvalue weighted by molar-refractivity contribution is 8.00. The molecule has 5 N–H and O–H groups in total. The molecule has 156 valence electrons. The number of nitrogen functional groups attached to an aromatic ring is 1. The van der Waals surface area contributed by atoms with Crippen LogP contribution in [0.3, 0.4) is 0 Å². The van der Waals surface area contributed by atoms with Crippen LogP contribution in [0.4, 0.5) is 5.13 Å². The highest BCUT2D eigenvalue weighted by atomic mass is 35.5. The average molecular weight is 464 g/mol. The van der Waals surface area contributed by atoms with Gasteiger partial charge in [0.1, 0.15) is 17.1 Å². The molecule has 1 aromatic heterocycles. The molecule has 2 amide bonds. The van der Waals surface area contributed by atoms with E-state index in [1.807, 2.05) is 0 Å². The van der Waals surface area contributed by atoms with Crippen LogP contribution in [0.1, 0.15) is 5.69 Å². The zero-order valence-corrected chi connectivity index (χ0v) is 16.8. The van der Waals surface area contributed by atoms with Gasteiger partial charge in [-0.3, -0.25) is 14.4 Å². The Morgan fingerprint density at radius 2 is 2.21 bits per heavy atom. The Balaban J connectivity index is 1.71. The van der Waals surface area contributed by atoms with Crippen LogP contribution in [-0.2, 0) is 24.0 Å². The normalized spacial score (nSPS) is 26.3. The van der Waals surface area contributed by atoms with Crippen LogP contribution in [0.2, 0.25) is 0 Å². The number of halogens is 1. The molecule has 2 fully saturated rings. The van der Waals surface area contributed by atoms with E-state index in [1.165, 1.54) is 10.3 Å². The zero-order valence-electron chi connectivity index (χ0n) is 14.4. The molecule has 2 aliphatic rings. The second kappa shape index (κ2) is 8.04. The summed E-state index contributed by atoms with van der Waals surface area (Å²) in [7, 11) is 0. The first kappa shape index (κ1) is 21.1. The maximum atomic E-state index is 12.6. The Bertz CT molecular complexity index is 909. The van der Waals surface area contributed by atoms with E-state index < -0.39 is 46.6 Å². The Labute approximate surface area is 176 Å². The molecule has 29 heavy (non-hydrogen) atoms. The number of hydrogen-bond donors (Lipinski definition) is 4. The molecule has 2 unspecified atom stereocenters. The number of fused-ring (bicyclic) bond motifs is 1. The second-order valence-corrected chi connectivity index (χ2v) is 8.79. The van der Waals surface area contributed by atoms with E-state index in [0.29, 0.717) is 0 Å². The van der Waals surface area contributed by atoms with E-state index >= 15 is 0 Å². The van der Waals surface area contributed by atoms with Crippen molar-refractivity contribution < 1.29 is 34.2 Å². The van der Waals surface area contributed by atoms with Gasteiger partial charge in [-0.1, -0.05) is 5.16 Å². The van der Waals surface area contributed by atoms with Crippen LogP contribution in [-0.4, -0.2) is 84.8 Å². The maximum absolute atomic E-state index is 12.6. The number of β-lactam (4-membered cyclic amide) rings is 1. The summed E-state index contributed by atoms with van der Waals surface area (Å²) >= 11 is 8.20. The van der Waals surface area contributed by atoms with Crippen molar-refractivity contribution in [3.63, 3.8) is 0 Å². The lowest BCUT2D eigenvalue weighted by atomic mass is 10.0. The van der Waals surface area contributed by atoms with Gasteiger partial charge in [0.2, 0.25) is 12.5 Å². The minimum Gasteiger partial charge on any atom is -0.480 e. The third kappa shape index (κ3) is 4.23. The largest absolute Gasteiger partial charge is 0.480 e. The highest BCUT2D eigenvalue weighted by Gasteiger charge is 2.57. The third-order valence-electron chi connectivity index (χ3n) is 4.04. The van der Waals surface area contributed by atoms with Crippen molar-refractivity contribution in [2.75, 3.05) is 24.6 Å². The quantitative estimate of drug-likeness (QED) is 0.169. The number of carbonyl (C=O) groups is 4. The van der Waals surface area contributed by atoms with Gasteiger partial charge in [-0.15, -0.1) is 34.7 Å². The number of thiazole rings is 1. The van der Waals surface area contributed by atoms with Crippen molar-refractivity contribution in [2.45, 2.75) is 16.3 Å². The van der Waals surface area contributed by atoms with E-state index in [2.05, 4.69) is 20.3 Å². The molecule has 1 aromatic rings. The highest BCUT2D eigenvalue weighted by Crippen LogP contribution is 2.41. The summed E-state index contributed by atoms with van der Waals surface area (Å²) in [6, 6.07) is -0.928. The van der Waals surface area contributed by atoms with Gasteiger partial charge in [0, 0.05) is 11.1 Å². The van der Waals surface area contributed by atoms with Gasteiger partial charge in [0.25, 0.3) is 5.91 Å². The topological polar surface area (TPSA) is 185 Å². The van der Waals surface area contributed by atoms with Gasteiger partial charge in [-0.2, -0.15) is 0 Å². The number of alkyl halides is 1. The lowest BCUT2D eigenvalue weighted by Crippen LogP contribution is -2.74. The molecule has 3 atom stereocenters. The van der Waals surface area contributed by atoms with Gasteiger partial charge in [-0.25, -0.2) is 9.78 Å². The number of nitrogens with one attached hydrogen (secondary N) is 1.